The Bertz CT molecular complexity index is 671. The summed E-state index contributed by atoms with van der Waals surface area (Å²) in [5, 5.41) is 11.9. The summed E-state index contributed by atoms with van der Waals surface area (Å²) in [5.74, 6) is 1.05. The van der Waals surface area contributed by atoms with Gasteiger partial charge in [-0.25, -0.2) is 9.31 Å². The molecule has 21 heavy (non-hydrogen) atoms. The Hall–Kier alpha value is -2.02. The van der Waals surface area contributed by atoms with E-state index in [2.05, 4.69) is 24.9 Å². The number of aromatic nitrogens is 4. The highest BCUT2D eigenvalue weighted by molar-refractivity contribution is 5.12. The Morgan fingerprint density at radius 3 is 2.86 bits per heavy atom. The fraction of sp³-hybridized carbons (Fsp3) is 0.571. The van der Waals surface area contributed by atoms with E-state index in [1.165, 1.54) is 12.8 Å². The minimum absolute atomic E-state index is 0.00134. The molecule has 0 unspecified atom stereocenters. The van der Waals surface area contributed by atoms with Gasteiger partial charge >= 0.3 is 0 Å². The topological polar surface area (TPSA) is 77.0 Å². The predicted octanol–water partition coefficient (Wildman–Crippen LogP) is 0.636. The normalized spacial score (nSPS) is 19.6. The largest absolute Gasteiger partial charge is 0.297 e. The molecule has 7 heteroatoms. The van der Waals surface area contributed by atoms with E-state index in [-0.39, 0.29) is 5.56 Å². The van der Waals surface area contributed by atoms with Crippen molar-refractivity contribution in [2.45, 2.75) is 31.8 Å². The molecule has 1 saturated heterocycles. The zero-order valence-electron chi connectivity index (χ0n) is 11.7. The molecule has 2 aromatic rings. The Kier molecular flexibility index (Phi) is 3.07. The number of nitrogens with zero attached hydrogens (tertiary/aromatic N) is 5. The maximum absolute atomic E-state index is 11.9. The molecule has 110 valence electrons. The quantitative estimate of drug-likeness (QED) is 0.803. The molecule has 3 heterocycles. The Morgan fingerprint density at radius 2 is 2.14 bits per heavy atom. The van der Waals surface area contributed by atoms with Crippen molar-refractivity contribution in [2.75, 3.05) is 13.1 Å². The van der Waals surface area contributed by atoms with Gasteiger partial charge < -0.3 is 0 Å². The zero-order chi connectivity index (χ0) is 14.2. The van der Waals surface area contributed by atoms with E-state index in [0.717, 1.165) is 31.0 Å². The number of hydrogen-bond acceptors (Lipinski definition) is 6. The maximum Gasteiger partial charge on any atom is 0.266 e. The van der Waals surface area contributed by atoms with Crippen molar-refractivity contribution in [2.24, 2.45) is 5.92 Å². The molecule has 0 radical (unpaired) electrons. The van der Waals surface area contributed by atoms with Gasteiger partial charge in [0.2, 0.25) is 0 Å². The molecular weight excluding hydrogens is 270 g/mol. The molecule has 2 aromatic heterocycles. The molecule has 4 rings (SSSR count). The molecule has 2 aliphatic rings. The highest BCUT2D eigenvalue weighted by Gasteiger charge is 2.29. The van der Waals surface area contributed by atoms with Crippen LogP contribution in [0.1, 0.15) is 30.1 Å². The summed E-state index contributed by atoms with van der Waals surface area (Å²) in [5.41, 5.74) is 1.91. The predicted molar refractivity (Wildman–Crippen MR) is 73.5 cm³/mol. The van der Waals surface area contributed by atoms with Crippen molar-refractivity contribution in [1.29, 1.82) is 0 Å². The van der Waals surface area contributed by atoms with Crippen LogP contribution in [-0.2, 0) is 13.1 Å². The molecule has 7 nitrogen and oxygen atoms in total. The van der Waals surface area contributed by atoms with Crippen LogP contribution in [0, 0.1) is 5.92 Å². The number of rotatable bonds is 5. The molecular formula is C14H17N5O2. The molecule has 1 aliphatic carbocycles. The third kappa shape index (κ3) is 2.73. The highest BCUT2D eigenvalue weighted by Crippen LogP contribution is 2.38. The van der Waals surface area contributed by atoms with Crippen LogP contribution in [0.3, 0.4) is 0 Å². The van der Waals surface area contributed by atoms with Gasteiger partial charge in [-0.2, -0.15) is 5.10 Å². The van der Waals surface area contributed by atoms with E-state index in [9.17, 15) is 4.79 Å². The summed E-state index contributed by atoms with van der Waals surface area (Å²) in [6.45, 7) is 3.36. The average molecular weight is 287 g/mol. The summed E-state index contributed by atoms with van der Waals surface area (Å²) in [6.07, 6.45) is 4.04. The second-order valence-corrected chi connectivity index (χ2v) is 6.01. The van der Waals surface area contributed by atoms with Gasteiger partial charge in [0, 0.05) is 37.5 Å². The minimum Gasteiger partial charge on any atom is -0.297 e. The van der Waals surface area contributed by atoms with Gasteiger partial charge in [0.1, 0.15) is 5.69 Å². The molecule has 2 fully saturated rings. The lowest BCUT2D eigenvalue weighted by atomic mass is 10.00. The van der Waals surface area contributed by atoms with Gasteiger partial charge in [-0.1, -0.05) is 10.3 Å². The van der Waals surface area contributed by atoms with Gasteiger partial charge in [-0.05, 0) is 18.9 Å². The lowest BCUT2D eigenvalue weighted by Gasteiger charge is -2.38. The average Bonchev–Trinajstić information content (AvgIpc) is 3.16. The van der Waals surface area contributed by atoms with Gasteiger partial charge in [0.25, 0.3) is 5.56 Å². The van der Waals surface area contributed by atoms with E-state index in [4.69, 9.17) is 0 Å². The van der Waals surface area contributed by atoms with E-state index in [0.29, 0.717) is 18.4 Å². The lowest BCUT2D eigenvalue weighted by Crippen LogP contribution is -2.49. The lowest BCUT2D eigenvalue weighted by molar-refractivity contribution is 0.0740. The van der Waals surface area contributed by atoms with Gasteiger partial charge in [0.05, 0.1) is 18.4 Å². The summed E-state index contributed by atoms with van der Waals surface area (Å²) in [4.78, 5) is 14.1. The van der Waals surface area contributed by atoms with Crippen LogP contribution in [0.5, 0.6) is 0 Å². The first-order valence-corrected chi connectivity index (χ1v) is 7.35. The van der Waals surface area contributed by atoms with E-state index in [1.54, 1.807) is 16.9 Å². The van der Waals surface area contributed by atoms with Crippen molar-refractivity contribution >= 4 is 0 Å². The van der Waals surface area contributed by atoms with Crippen LogP contribution in [0.4, 0.5) is 0 Å². The van der Waals surface area contributed by atoms with Crippen molar-refractivity contribution in [1.82, 2.24) is 25.0 Å². The van der Waals surface area contributed by atoms with Crippen LogP contribution >= 0.6 is 0 Å². The first kappa shape index (κ1) is 12.7. The van der Waals surface area contributed by atoms with Crippen LogP contribution < -0.4 is 5.56 Å². The van der Waals surface area contributed by atoms with Crippen molar-refractivity contribution < 1.29 is 4.63 Å². The van der Waals surface area contributed by atoms with Crippen molar-refractivity contribution in [3.63, 3.8) is 0 Å². The zero-order valence-corrected chi connectivity index (χ0v) is 11.7. The standard InChI is InChI=1S/C14H17N5O2/c20-14-4-3-13(11-1-2-11)16-19(14)8-10-6-18(7-10)9-12-5-15-21-17-12/h3-5,10-11H,1-2,6-9H2. The second kappa shape index (κ2) is 5.07. The summed E-state index contributed by atoms with van der Waals surface area (Å²) < 4.78 is 6.21. The van der Waals surface area contributed by atoms with Crippen LogP contribution in [0.15, 0.2) is 27.8 Å². The Labute approximate surface area is 121 Å². The molecule has 0 N–H and O–H groups in total. The highest BCUT2D eigenvalue weighted by atomic mass is 16.6. The van der Waals surface area contributed by atoms with Crippen molar-refractivity contribution in [3.05, 3.63) is 40.1 Å². The molecule has 0 atom stereocenters. The van der Waals surface area contributed by atoms with Crippen LogP contribution in [0.25, 0.3) is 0 Å². The first-order valence-electron chi connectivity index (χ1n) is 7.35. The third-order valence-electron chi connectivity index (χ3n) is 4.14. The fourth-order valence-electron chi connectivity index (χ4n) is 2.84. The summed E-state index contributed by atoms with van der Waals surface area (Å²) in [6, 6.07) is 3.53. The van der Waals surface area contributed by atoms with Crippen LogP contribution in [0.2, 0.25) is 0 Å². The molecule has 0 aromatic carbocycles. The Morgan fingerprint density at radius 1 is 1.29 bits per heavy atom. The number of hydrogen-bond donors (Lipinski definition) is 0. The van der Waals surface area contributed by atoms with E-state index < -0.39 is 0 Å². The summed E-state index contributed by atoms with van der Waals surface area (Å²) >= 11 is 0. The number of likely N-dealkylation sites (tertiary alicyclic amines) is 1. The van der Waals surface area contributed by atoms with Crippen LogP contribution in [-0.4, -0.2) is 38.1 Å². The monoisotopic (exact) mass is 287 g/mol. The van der Waals surface area contributed by atoms with E-state index >= 15 is 0 Å². The van der Waals surface area contributed by atoms with E-state index in [1.807, 2.05) is 6.07 Å². The maximum atomic E-state index is 11.9. The molecule has 0 spiro atoms. The van der Waals surface area contributed by atoms with Crippen molar-refractivity contribution in [3.8, 4) is 0 Å². The van der Waals surface area contributed by atoms with Gasteiger partial charge in [-0.3, -0.25) is 9.69 Å². The molecule has 0 amide bonds. The molecule has 1 saturated carbocycles. The van der Waals surface area contributed by atoms with Gasteiger partial charge in [0.15, 0.2) is 0 Å². The first-order chi connectivity index (χ1) is 10.3. The summed E-state index contributed by atoms with van der Waals surface area (Å²) in [7, 11) is 0. The minimum atomic E-state index is -0.00134. The van der Waals surface area contributed by atoms with Gasteiger partial charge in [-0.15, -0.1) is 0 Å². The smallest absolute Gasteiger partial charge is 0.266 e. The fourth-order valence-corrected chi connectivity index (χ4v) is 2.84. The molecule has 1 aliphatic heterocycles. The molecule has 0 bridgehead atoms. The third-order valence-corrected chi connectivity index (χ3v) is 4.14. The SMILES string of the molecule is O=c1ccc(C2CC2)nn1CC1CN(Cc2cnon2)C1. The second-order valence-electron chi connectivity index (χ2n) is 6.01. The Balaban J connectivity index is 1.35.